The number of rotatable bonds is 6. The lowest BCUT2D eigenvalue weighted by Crippen LogP contribution is -2.16. The van der Waals surface area contributed by atoms with Gasteiger partial charge in [0, 0.05) is 17.2 Å². The van der Waals surface area contributed by atoms with Gasteiger partial charge in [-0.1, -0.05) is 24.3 Å². The first kappa shape index (κ1) is 17.9. The SMILES string of the molecule is CC(CCOc1cccc2ccc(N)nc12)Oc1cccc2ccc(N)nc12. The van der Waals surface area contributed by atoms with Crippen molar-refractivity contribution in [2.75, 3.05) is 18.1 Å². The Morgan fingerprint density at radius 1 is 0.786 bits per heavy atom. The standard InChI is InChI=1S/C22H22N4O2/c1-14(28-18-7-3-5-16-9-11-20(24)26-22(16)18)12-13-27-17-6-2-4-15-8-10-19(23)25-21(15)17/h2-11,14H,12-13H2,1H3,(H2,23,25)(H2,24,26). The van der Waals surface area contributed by atoms with Crippen molar-refractivity contribution in [2.24, 2.45) is 0 Å². The first-order valence-electron chi connectivity index (χ1n) is 9.20. The molecule has 2 aromatic heterocycles. The Balaban J connectivity index is 1.43. The van der Waals surface area contributed by atoms with E-state index < -0.39 is 0 Å². The zero-order chi connectivity index (χ0) is 19.5. The summed E-state index contributed by atoms with van der Waals surface area (Å²) in [5.74, 6) is 2.39. The third-order valence-electron chi connectivity index (χ3n) is 4.52. The van der Waals surface area contributed by atoms with Crippen molar-refractivity contribution in [3.05, 3.63) is 60.7 Å². The summed E-state index contributed by atoms with van der Waals surface area (Å²) in [4.78, 5) is 8.79. The minimum Gasteiger partial charge on any atom is -0.491 e. The van der Waals surface area contributed by atoms with Crippen molar-refractivity contribution in [3.8, 4) is 11.5 Å². The highest BCUT2D eigenvalue weighted by Crippen LogP contribution is 2.27. The first-order chi connectivity index (χ1) is 13.6. The Morgan fingerprint density at radius 2 is 1.36 bits per heavy atom. The fourth-order valence-corrected chi connectivity index (χ4v) is 3.09. The monoisotopic (exact) mass is 374 g/mol. The van der Waals surface area contributed by atoms with Crippen molar-refractivity contribution in [1.29, 1.82) is 0 Å². The number of hydrogen-bond donors (Lipinski definition) is 2. The number of nitrogen functional groups attached to an aromatic ring is 2. The van der Waals surface area contributed by atoms with Crippen LogP contribution in [0.2, 0.25) is 0 Å². The zero-order valence-electron chi connectivity index (χ0n) is 15.6. The molecular formula is C22H22N4O2. The maximum atomic E-state index is 6.09. The largest absolute Gasteiger partial charge is 0.491 e. The molecule has 0 saturated heterocycles. The number of nitrogens with zero attached hydrogens (tertiary/aromatic N) is 2. The molecule has 6 nitrogen and oxygen atoms in total. The van der Waals surface area contributed by atoms with E-state index in [0.717, 1.165) is 33.3 Å². The van der Waals surface area contributed by atoms with Crippen molar-refractivity contribution >= 4 is 33.4 Å². The topological polar surface area (TPSA) is 96.3 Å². The molecule has 4 rings (SSSR count). The van der Waals surface area contributed by atoms with Crippen LogP contribution in [0.4, 0.5) is 11.6 Å². The zero-order valence-corrected chi connectivity index (χ0v) is 15.6. The molecule has 2 aromatic carbocycles. The third kappa shape index (κ3) is 3.76. The maximum Gasteiger partial charge on any atom is 0.146 e. The molecule has 0 aliphatic rings. The van der Waals surface area contributed by atoms with E-state index in [-0.39, 0.29) is 6.10 Å². The van der Waals surface area contributed by atoms with E-state index in [1.807, 2.05) is 55.5 Å². The van der Waals surface area contributed by atoms with Gasteiger partial charge < -0.3 is 20.9 Å². The van der Waals surface area contributed by atoms with Crippen LogP contribution in [-0.4, -0.2) is 22.7 Å². The predicted molar refractivity (Wildman–Crippen MR) is 113 cm³/mol. The van der Waals surface area contributed by atoms with E-state index in [2.05, 4.69) is 9.97 Å². The van der Waals surface area contributed by atoms with Crippen LogP contribution in [0.15, 0.2) is 60.7 Å². The van der Waals surface area contributed by atoms with Crippen LogP contribution >= 0.6 is 0 Å². The molecule has 0 radical (unpaired) electrons. The number of nitrogens with two attached hydrogens (primary N) is 2. The summed E-state index contributed by atoms with van der Waals surface area (Å²) in [7, 11) is 0. The van der Waals surface area contributed by atoms with Gasteiger partial charge in [-0.2, -0.15) is 0 Å². The molecule has 142 valence electrons. The number of ether oxygens (including phenoxy) is 2. The van der Waals surface area contributed by atoms with Crippen molar-refractivity contribution in [1.82, 2.24) is 9.97 Å². The van der Waals surface area contributed by atoms with Crippen LogP contribution in [0.5, 0.6) is 11.5 Å². The lowest BCUT2D eigenvalue weighted by Gasteiger charge is -2.17. The summed E-state index contributed by atoms with van der Waals surface area (Å²) >= 11 is 0. The van der Waals surface area contributed by atoms with Gasteiger partial charge in [0.25, 0.3) is 0 Å². The van der Waals surface area contributed by atoms with Crippen LogP contribution in [0.1, 0.15) is 13.3 Å². The van der Waals surface area contributed by atoms with E-state index in [0.29, 0.717) is 24.7 Å². The van der Waals surface area contributed by atoms with Gasteiger partial charge in [0.1, 0.15) is 34.2 Å². The smallest absolute Gasteiger partial charge is 0.146 e. The van der Waals surface area contributed by atoms with Crippen molar-refractivity contribution in [2.45, 2.75) is 19.4 Å². The number of pyridine rings is 2. The molecule has 1 unspecified atom stereocenters. The Kier molecular flexibility index (Phi) is 4.85. The minimum atomic E-state index is -0.0539. The number of aromatic nitrogens is 2. The fraction of sp³-hybridized carbons (Fsp3) is 0.182. The normalized spacial score (nSPS) is 12.2. The number of hydrogen-bond acceptors (Lipinski definition) is 6. The molecular weight excluding hydrogens is 352 g/mol. The minimum absolute atomic E-state index is 0.0539. The van der Waals surface area contributed by atoms with Gasteiger partial charge in [0.15, 0.2) is 0 Å². The van der Waals surface area contributed by atoms with Crippen LogP contribution in [0.3, 0.4) is 0 Å². The molecule has 6 heteroatoms. The van der Waals surface area contributed by atoms with Crippen molar-refractivity contribution < 1.29 is 9.47 Å². The molecule has 28 heavy (non-hydrogen) atoms. The summed E-state index contributed by atoms with van der Waals surface area (Å²) in [5, 5.41) is 1.99. The van der Waals surface area contributed by atoms with Crippen LogP contribution in [0, 0.1) is 0 Å². The van der Waals surface area contributed by atoms with Gasteiger partial charge >= 0.3 is 0 Å². The highest BCUT2D eigenvalue weighted by molar-refractivity contribution is 5.86. The maximum absolute atomic E-state index is 6.09. The summed E-state index contributed by atoms with van der Waals surface area (Å²) < 4.78 is 12.0. The molecule has 0 bridgehead atoms. The Labute approximate surface area is 163 Å². The second kappa shape index (κ2) is 7.60. The molecule has 0 spiro atoms. The molecule has 0 fully saturated rings. The Morgan fingerprint density at radius 3 is 2.00 bits per heavy atom. The summed E-state index contributed by atoms with van der Waals surface area (Å²) in [6, 6.07) is 19.1. The molecule has 0 aliphatic carbocycles. The Bertz CT molecular complexity index is 1130. The van der Waals surface area contributed by atoms with Gasteiger partial charge in [-0.15, -0.1) is 0 Å². The lowest BCUT2D eigenvalue weighted by molar-refractivity contribution is 0.179. The van der Waals surface area contributed by atoms with Crippen molar-refractivity contribution in [3.63, 3.8) is 0 Å². The molecule has 4 aromatic rings. The third-order valence-corrected chi connectivity index (χ3v) is 4.52. The van der Waals surface area contributed by atoms with E-state index in [1.54, 1.807) is 12.1 Å². The number of anilines is 2. The van der Waals surface area contributed by atoms with Crippen LogP contribution in [0.25, 0.3) is 21.8 Å². The van der Waals surface area contributed by atoms with Crippen LogP contribution in [-0.2, 0) is 0 Å². The van der Waals surface area contributed by atoms with Crippen LogP contribution < -0.4 is 20.9 Å². The second-order valence-corrected chi connectivity index (χ2v) is 6.69. The summed E-state index contributed by atoms with van der Waals surface area (Å²) in [6.45, 7) is 2.50. The lowest BCUT2D eigenvalue weighted by atomic mass is 10.2. The molecule has 2 heterocycles. The molecule has 0 amide bonds. The van der Waals surface area contributed by atoms with E-state index in [4.69, 9.17) is 20.9 Å². The van der Waals surface area contributed by atoms with Gasteiger partial charge in [-0.25, -0.2) is 9.97 Å². The summed E-state index contributed by atoms with van der Waals surface area (Å²) in [5.41, 5.74) is 13.2. The molecule has 0 aliphatic heterocycles. The first-order valence-corrected chi connectivity index (χ1v) is 9.20. The number of para-hydroxylation sites is 2. The summed E-state index contributed by atoms with van der Waals surface area (Å²) in [6.07, 6.45) is 0.652. The molecule has 0 saturated carbocycles. The van der Waals surface area contributed by atoms with Gasteiger partial charge in [-0.05, 0) is 43.3 Å². The van der Waals surface area contributed by atoms with Gasteiger partial charge in [0.2, 0.25) is 0 Å². The average molecular weight is 374 g/mol. The van der Waals surface area contributed by atoms with Gasteiger partial charge in [-0.3, -0.25) is 0 Å². The molecule has 4 N–H and O–H groups in total. The predicted octanol–water partition coefficient (Wildman–Crippen LogP) is 4.18. The average Bonchev–Trinajstić information content (AvgIpc) is 2.69. The Hall–Kier alpha value is -3.54. The quantitative estimate of drug-likeness (QED) is 0.525. The van der Waals surface area contributed by atoms with E-state index in [9.17, 15) is 0 Å². The highest BCUT2D eigenvalue weighted by atomic mass is 16.5. The highest BCUT2D eigenvalue weighted by Gasteiger charge is 2.10. The van der Waals surface area contributed by atoms with E-state index in [1.165, 1.54) is 0 Å². The van der Waals surface area contributed by atoms with Gasteiger partial charge in [0.05, 0.1) is 12.7 Å². The number of fused-ring (bicyclic) bond motifs is 2. The molecule has 1 atom stereocenters. The van der Waals surface area contributed by atoms with E-state index >= 15 is 0 Å². The second-order valence-electron chi connectivity index (χ2n) is 6.69. The fourth-order valence-electron chi connectivity index (χ4n) is 3.09. The number of benzene rings is 2.